The monoisotopic (exact) mass is 237 g/mol. The number of benzene rings is 1. The molecule has 3 nitrogen and oxygen atoms in total. The van der Waals surface area contributed by atoms with E-state index in [4.69, 9.17) is 15.2 Å². The van der Waals surface area contributed by atoms with Crippen molar-refractivity contribution in [2.75, 3.05) is 13.7 Å². The fraction of sp³-hybridized carbons (Fsp3) is 0.571. The number of hydrogen-bond donors (Lipinski definition) is 1. The topological polar surface area (TPSA) is 44.5 Å². The Morgan fingerprint density at radius 2 is 2.06 bits per heavy atom. The predicted octanol–water partition coefficient (Wildman–Crippen LogP) is 2.86. The van der Waals surface area contributed by atoms with E-state index in [1.165, 1.54) is 12.8 Å². The highest BCUT2D eigenvalue weighted by molar-refractivity contribution is 5.37. The zero-order chi connectivity index (χ0) is 12.5. The molecular weight excluding hydrogens is 214 g/mol. The molecule has 2 N–H and O–H groups in total. The zero-order valence-electron chi connectivity index (χ0n) is 10.9. The van der Waals surface area contributed by atoms with E-state index in [0.717, 1.165) is 29.9 Å². The predicted molar refractivity (Wildman–Crippen MR) is 70.1 cm³/mol. The third kappa shape index (κ3) is 4.75. The summed E-state index contributed by atoms with van der Waals surface area (Å²) < 4.78 is 10.9. The summed E-state index contributed by atoms with van der Waals surface area (Å²) >= 11 is 0. The summed E-state index contributed by atoms with van der Waals surface area (Å²) in [6.45, 7) is 4.16. The minimum atomic E-state index is 0.501. The molecule has 0 spiro atoms. The fourth-order valence-electron chi connectivity index (χ4n) is 1.69. The number of unbranched alkanes of at least 4 members (excludes halogenated alkanes) is 2. The summed E-state index contributed by atoms with van der Waals surface area (Å²) in [6, 6.07) is 6.05. The second-order valence-electron chi connectivity index (χ2n) is 4.11. The minimum Gasteiger partial charge on any atom is -0.496 e. The molecule has 0 bridgehead atoms. The highest BCUT2D eigenvalue weighted by Gasteiger charge is 2.02. The summed E-state index contributed by atoms with van der Waals surface area (Å²) in [6.07, 6.45) is 3.59. The fourth-order valence-corrected chi connectivity index (χ4v) is 1.69. The first-order valence-electron chi connectivity index (χ1n) is 6.25. The van der Waals surface area contributed by atoms with Gasteiger partial charge in [0, 0.05) is 18.7 Å². The lowest BCUT2D eigenvalue weighted by Crippen LogP contribution is -2.01. The van der Waals surface area contributed by atoms with Crippen LogP contribution < -0.4 is 10.5 Å². The number of hydrogen-bond acceptors (Lipinski definition) is 3. The van der Waals surface area contributed by atoms with Gasteiger partial charge in [-0.1, -0.05) is 31.9 Å². The van der Waals surface area contributed by atoms with Gasteiger partial charge in [0.05, 0.1) is 13.7 Å². The molecule has 1 aromatic carbocycles. The molecule has 0 aliphatic heterocycles. The molecular formula is C14H23NO2. The maximum atomic E-state index is 5.62. The van der Waals surface area contributed by atoms with Crippen LogP contribution in [0.1, 0.15) is 37.3 Å². The molecule has 96 valence electrons. The largest absolute Gasteiger partial charge is 0.496 e. The van der Waals surface area contributed by atoms with Crippen LogP contribution in [0.2, 0.25) is 0 Å². The van der Waals surface area contributed by atoms with Crippen molar-refractivity contribution in [3.8, 4) is 5.75 Å². The van der Waals surface area contributed by atoms with Crippen LogP contribution in [0, 0.1) is 0 Å². The molecule has 0 saturated heterocycles. The molecule has 1 aromatic rings. The number of methoxy groups -OCH3 is 1. The minimum absolute atomic E-state index is 0.501. The summed E-state index contributed by atoms with van der Waals surface area (Å²) in [7, 11) is 1.67. The molecule has 0 unspecified atom stereocenters. The quantitative estimate of drug-likeness (QED) is 0.707. The SMILES string of the molecule is CCCCCOCc1ccc(CN)c(OC)c1. The van der Waals surface area contributed by atoms with E-state index in [2.05, 4.69) is 6.92 Å². The summed E-state index contributed by atoms with van der Waals surface area (Å²) in [5, 5.41) is 0. The van der Waals surface area contributed by atoms with Gasteiger partial charge in [0.25, 0.3) is 0 Å². The van der Waals surface area contributed by atoms with Gasteiger partial charge < -0.3 is 15.2 Å². The van der Waals surface area contributed by atoms with Crippen LogP contribution in [0.15, 0.2) is 18.2 Å². The van der Waals surface area contributed by atoms with E-state index in [1.54, 1.807) is 7.11 Å². The first-order chi connectivity index (χ1) is 8.31. The third-order valence-electron chi connectivity index (χ3n) is 2.73. The highest BCUT2D eigenvalue weighted by Crippen LogP contribution is 2.20. The lowest BCUT2D eigenvalue weighted by molar-refractivity contribution is 0.117. The maximum absolute atomic E-state index is 5.62. The molecule has 0 radical (unpaired) electrons. The molecule has 0 saturated carbocycles. The zero-order valence-corrected chi connectivity index (χ0v) is 10.9. The van der Waals surface area contributed by atoms with E-state index in [-0.39, 0.29) is 0 Å². The molecule has 0 amide bonds. The van der Waals surface area contributed by atoms with Crippen LogP contribution in [0.4, 0.5) is 0 Å². The van der Waals surface area contributed by atoms with Crippen molar-refractivity contribution < 1.29 is 9.47 Å². The normalized spacial score (nSPS) is 10.5. The van der Waals surface area contributed by atoms with Crippen LogP contribution in [0.5, 0.6) is 5.75 Å². The highest BCUT2D eigenvalue weighted by atomic mass is 16.5. The van der Waals surface area contributed by atoms with Crippen LogP contribution in [0.25, 0.3) is 0 Å². The Morgan fingerprint density at radius 1 is 1.24 bits per heavy atom. The van der Waals surface area contributed by atoms with Crippen molar-refractivity contribution in [3.05, 3.63) is 29.3 Å². The van der Waals surface area contributed by atoms with Crippen molar-refractivity contribution in [1.29, 1.82) is 0 Å². The standard InChI is InChI=1S/C14H23NO2/c1-3-4-5-8-17-11-12-6-7-13(10-15)14(9-12)16-2/h6-7,9H,3-5,8,10-11,15H2,1-2H3. The van der Waals surface area contributed by atoms with Crippen LogP contribution in [-0.4, -0.2) is 13.7 Å². The lowest BCUT2D eigenvalue weighted by atomic mass is 10.1. The smallest absolute Gasteiger partial charge is 0.123 e. The molecule has 1 rings (SSSR count). The van der Waals surface area contributed by atoms with Crippen molar-refractivity contribution >= 4 is 0 Å². The summed E-state index contributed by atoms with van der Waals surface area (Å²) in [4.78, 5) is 0. The Labute approximate surface area is 104 Å². The Morgan fingerprint density at radius 3 is 2.71 bits per heavy atom. The van der Waals surface area contributed by atoms with Gasteiger partial charge >= 0.3 is 0 Å². The van der Waals surface area contributed by atoms with Crippen molar-refractivity contribution in [1.82, 2.24) is 0 Å². The Kier molecular flexibility index (Phi) is 6.67. The van der Waals surface area contributed by atoms with E-state index < -0.39 is 0 Å². The van der Waals surface area contributed by atoms with Gasteiger partial charge in [-0.25, -0.2) is 0 Å². The lowest BCUT2D eigenvalue weighted by Gasteiger charge is -2.09. The van der Waals surface area contributed by atoms with E-state index in [9.17, 15) is 0 Å². The van der Waals surface area contributed by atoms with Crippen LogP contribution >= 0.6 is 0 Å². The maximum Gasteiger partial charge on any atom is 0.123 e. The average Bonchev–Trinajstić information content (AvgIpc) is 2.38. The van der Waals surface area contributed by atoms with E-state index >= 15 is 0 Å². The summed E-state index contributed by atoms with van der Waals surface area (Å²) in [5.41, 5.74) is 7.78. The van der Waals surface area contributed by atoms with E-state index in [1.807, 2.05) is 18.2 Å². The molecule has 0 aliphatic carbocycles. The molecule has 3 heteroatoms. The average molecular weight is 237 g/mol. The van der Waals surface area contributed by atoms with Gasteiger partial charge in [-0.2, -0.15) is 0 Å². The second kappa shape index (κ2) is 8.09. The van der Waals surface area contributed by atoms with Gasteiger partial charge in [-0.3, -0.25) is 0 Å². The Hall–Kier alpha value is -1.06. The number of ether oxygens (including phenoxy) is 2. The van der Waals surface area contributed by atoms with Crippen LogP contribution in [-0.2, 0) is 17.9 Å². The van der Waals surface area contributed by atoms with Gasteiger partial charge in [0.1, 0.15) is 5.75 Å². The number of nitrogens with two attached hydrogens (primary N) is 1. The molecule has 0 atom stereocenters. The van der Waals surface area contributed by atoms with Crippen molar-refractivity contribution in [2.24, 2.45) is 5.73 Å². The molecule has 0 aromatic heterocycles. The third-order valence-corrected chi connectivity index (χ3v) is 2.73. The molecule has 0 fully saturated rings. The first kappa shape index (κ1) is 14.0. The van der Waals surface area contributed by atoms with Crippen LogP contribution in [0.3, 0.4) is 0 Å². The van der Waals surface area contributed by atoms with Gasteiger partial charge in [0.2, 0.25) is 0 Å². The van der Waals surface area contributed by atoms with Crippen molar-refractivity contribution in [3.63, 3.8) is 0 Å². The van der Waals surface area contributed by atoms with Gasteiger partial charge in [-0.05, 0) is 18.1 Å². The first-order valence-corrected chi connectivity index (χ1v) is 6.25. The Bertz CT molecular complexity index is 326. The van der Waals surface area contributed by atoms with E-state index in [0.29, 0.717) is 13.2 Å². The number of rotatable bonds is 8. The van der Waals surface area contributed by atoms with Crippen molar-refractivity contribution in [2.45, 2.75) is 39.3 Å². The summed E-state index contributed by atoms with van der Waals surface area (Å²) in [5.74, 6) is 0.849. The molecule has 17 heavy (non-hydrogen) atoms. The molecule has 0 heterocycles. The van der Waals surface area contributed by atoms with Gasteiger partial charge in [0.15, 0.2) is 0 Å². The molecule has 0 aliphatic rings. The van der Waals surface area contributed by atoms with Gasteiger partial charge in [-0.15, -0.1) is 0 Å². The second-order valence-corrected chi connectivity index (χ2v) is 4.11. The Balaban J connectivity index is 2.43.